The molecule has 1 amide bonds. The molecule has 0 bridgehead atoms. The standard InChI is InChI=1S/C22H23NO6S/c1-5-16-7-10-18(11-8-16)30(26,27)23(15(4)24)17-9-12-20-19(13-17)21(14(3)29-20)22(25)28-6-2/h7-13H,5-6H2,1-4H3. The number of rotatable bonds is 6. The lowest BCUT2D eigenvalue weighted by Crippen LogP contribution is -2.35. The van der Waals surface area contributed by atoms with Gasteiger partial charge in [0, 0.05) is 12.3 Å². The lowest BCUT2D eigenvalue weighted by Gasteiger charge is -2.21. The molecule has 0 unspecified atom stereocenters. The molecule has 7 nitrogen and oxygen atoms in total. The predicted molar refractivity (Wildman–Crippen MR) is 113 cm³/mol. The highest BCUT2D eigenvalue weighted by atomic mass is 32.2. The largest absolute Gasteiger partial charge is 0.462 e. The number of esters is 1. The number of carbonyl (C=O) groups excluding carboxylic acids is 2. The fourth-order valence-electron chi connectivity index (χ4n) is 3.28. The lowest BCUT2D eigenvalue weighted by atomic mass is 10.1. The Labute approximate surface area is 175 Å². The molecule has 158 valence electrons. The van der Waals surface area contributed by atoms with Crippen LogP contribution in [0, 0.1) is 6.92 Å². The maximum absolute atomic E-state index is 13.2. The number of sulfonamides is 1. The van der Waals surface area contributed by atoms with E-state index in [1.807, 2.05) is 6.92 Å². The minimum Gasteiger partial charge on any atom is -0.462 e. The molecule has 1 heterocycles. The summed E-state index contributed by atoms with van der Waals surface area (Å²) in [7, 11) is -4.15. The molecule has 1 aromatic heterocycles. The number of furan rings is 1. The second-order valence-electron chi connectivity index (χ2n) is 6.72. The van der Waals surface area contributed by atoms with Gasteiger partial charge in [-0.2, -0.15) is 0 Å². The van der Waals surface area contributed by atoms with Crippen molar-refractivity contribution in [2.45, 2.75) is 39.0 Å². The molecule has 0 N–H and O–H groups in total. The number of hydrogen-bond acceptors (Lipinski definition) is 6. The molecule has 0 fully saturated rings. The minimum atomic E-state index is -4.15. The molecule has 2 aromatic carbocycles. The Bertz CT molecular complexity index is 1210. The van der Waals surface area contributed by atoms with Gasteiger partial charge in [-0.15, -0.1) is 0 Å². The summed E-state index contributed by atoms with van der Waals surface area (Å²) in [5, 5.41) is 0.381. The molecule has 0 spiro atoms. The predicted octanol–water partition coefficient (Wildman–Crippen LogP) is 4.22. The number of anilines is 1. The van der Waals surface area contributed by atoms with E-state index in [4.69, 9.17) is 9.15 Å². The lowest BCUT2D eigenvalue weighted by molar-refractivity contribution is -0.115. The van der Waals surface area contributed by atoms with Crippen molar-refractivity contribution in [3.8, 4) is 0 Å². The van der Waals surface area contributed by atoms with Gasteiger partial charge >= 0.3 is 5.97 Å². The summed E-state index contributed by atoms with van der Waals surface area (Å²) in [5.74, 6) is -0.891. The van der Waals surface area contributed by atoms with Crippen molar-refractivity contribution in [1.82, 2.24) is 0 Å². The Balaban J connectivity index is 2.15. The van der Waals surface area contributed by atoms with Crippen molar-refractivity contribution in [1.29, 1.82) is 0 Å². The second kappa shape index (κ2) is 8.31. The number of fused-ring (bicyclic) bond motifs is 1. The number of carbonyl (C=O) groups is 2. The number of nitrogens with zero attached hydrogens (tertiary/aromatic N) is 1. The third kappa shape index (κ3) is 3.82. The zero-order chi connectivity index (χ0) is 22.1. The van der Waals surface area contributed by atoms with Gasteiger partial charge in [-0.25, -0.2) is 17.5 Å². The van der Waals surface area contributed by atoms with E-state index in [2.05, 4.69) is 0 Å². The van der Waals surface area contributed by atoms with Gasteiger partial charge in [0.15, 0.2) is 0 Å². The van der Waals surface area contributed by atoms with E-state index >= 15 is 0 Å². The molecule has 30 heavy (non-hydrogen) atoms. The fraction of sp³-hybridized carbons (Fsp3) is 0.273. The third-order valence-corrected chi connectivity index (χ3v) is 6.53. The number of aryl methyl sites for hydroxylation is 2. The molecule has 3 aromatic rings. The molecular weight excluding hydrogens is 406 g/mol. The first-order valence-electron chi connectivity index (χ1n) is 9.55. The van der Waals surface area contributed by atoms with Gasteiger partial charge in [0.1, 0.15) is 16.9 Å². The molecule has 0 aliphatic rings. The van der Waals surface area contributed by atoms with E-state index in [0.29, 0.717) is 16.7 Å². The van der Waals surface area contributed by atoms with Crippen LogP contribution in [0.25, 0.3) is 11.0 Å². The van der Waals surface area contributed by atoms with Gasteiger partial charge in [-0.3, -0.25) is 4.79 Å². The zero-order valence-corrected chi connectivity index (χ0v) is 18.1. The van der Waals surface area contributed by atoms with Crippen LogP contribution in [0.1, 0.15) is 42.5 Å². The number of ether oxygens (including phenoxy) is 1. The summed E-state index contributed by atoms with van der Waals surface area (Å²) in [6.07, 6.45) is 0.768. The molecule has 0 atom stereocenters. The van der Waals surface area contributed by atoms with Crippen molar-refractivity contribution < 1.29 is 27.2 Å². The average molecular weight is 429 g/mol. The van der Waals surface area contributed by atoms with Crippen LogP contribution in [0.15, 0.2) is 51.8 Å². The number of benzene rings is 2. The van der Waals surface area contributed by atoms with Crippen molar-refractivity contribution in [2.75, 3.05) is 10.9 Å². The van der Waals surface area contributed by atoms with Crippen LogP contribution in [0.5, 0.6) is 0 Å². The Morgan fingerprint density at radius 1 is 1.07 bits per heavy atom. The van der Waals surface area contributed by atoms with E-state index in [9.17, 15) is 18.0 Å². The van der Waals surface area contributed by atoms with Crippen molar-refractivity contribution in [3.05, 3.63) is 59.4 Å². The van der Waals surface area contributed by atoms with Gasteiger partial charge < -0.3 is 9.15 Å². The Morgan fingerprint density at radius 2 is 1.73 bits per heavy atom. The highest BCUT2D eigenvalue weighted by Crippen LogP contribution is 2.32. The van der Waals surface area contributed by atoms with Crippen LogP contribution in [0.3, 0.4) is 0 Å². The van der Waals surface area contributed by atoms with Gasteiger partial charge in [0.05, 0.1) is 17.2 Å². The van der Waals surface area contributed by atoms with Gasteiger partial charge in [-0.1, -0.05) is 19.1 Å². The van der Waals surface area contributed by atoms with Crippen LogP contribution in [-0.4, -0.2) is 26.9 Å². The van der Waals surface area contributed by atoms with Crippen molar-refractivity contribution in [3.63, 3.8) is 0 Å². The van der Waals surface area contributed by atoms with Crippen LogP contribution in [0.4, 0.5) is 5.69 Å². The smallest absolute Gasteiger partial charge is 0.342 e. The van der Waals surface area contributed by atoms with E-state index in [1.54, 1.807) is 26.0 Å². The first kappa shape index (κ1) is 21.6. The van der Waals surface area contributed by atoms with Crippen molar-refractivity contribution >= 4 is 38.6 Å². The highest BCUT2D eigenvalue weighted by Gasteiger charge is 2.30. The Morgan fingerprint density at radius 3 is 2.30 bits per heavy atom. The van der Waals surface area contributed by atoms with Crippen molar-refractivity contribution in [2.24, 2.45) is 0 Å². The van der Waals surface area contributed by atoms with E-state index in [-0.39, 0.29) is 22.8 Å². The molecule has 0 saturated heterocycles. The topological polar surface area (TPSA) is 93.9 Å². The van der Waals surface area contributed by atoms with Gasteiger partial charge in [0.25, 0.3) is 10.0 Å². The number of amides is 1. The van der Waals surface area contributed by atoms with Gasteiger partial charge in [0.2, 0.25) is 5.91 Å². The highest BCUT2D eigenvalue weighted by molar-refractivity contribution is 7.93. The summed E-state index contributed by atoms with van der Waals surface area (Å²) in [6, 6.07) is 10.9. The molecule has 3 rings (SSSR count). The van der Waals surface area contributed by atoms with Crippen LogP contribution in [-0.2, 0) is 26.0 Å². The zero-order valence-electron chi connectivity index (χ0n) is 17.3. The Kier molecular flexibility index (Phi) is 5.98. The van der Waals surface area contributed by atoms with Crippen LogP contribution in [0.2, 0.25) is 0 Å². The molecule has 8 heteroatoms. The van der Waals surface area contributed by atoms with Gasteiger partial charge in [-0.05, 0) is 56.2 Å². The summed E-state index contributed by atoms with van der Waals surface area (Å²) in [5.41, 5.74) is 1.70. The summed E-state index contributed by atoms with van der Waals surface area (Å²) in [4.78, 5) is 24.7. The number of hydrogen-bond donors (Lipinski definition) is 0. The first-order valence-corrected chi connectivity index (χ1v) is 11.0. The first-order chi connectivity index (χ1) is 14.2. The Hall–Kier alpha value is -3.13. The summed E-state index contributed by atoms with van der Waals surface area (Å²) >= 11 is 0. The molecular formula is C22H23NO6S. The SMILES string of the molecule is CCOC(=O)c1c(C)oc2ccc(N(C(C)=O)S(=O)(=O)c3ccc(CC)cc3)cc12. The quantitative estimate of drug-likeness (QED) is 0.545. The molecule has 0 radical (unpaired) electrons. The summed E-state index contributed by atoms with van der Waals surface area (Å²) in [6.45, 7) is 6.64. The maximum atomic E-state index is 13.2. The maximum Gasteiger partial charge on any atom is 0.342 e. The third-order valence-electron chi connectivity index (χ3n) is 4.72. The minimum absolute atomic E-state index is 0.00369. The average Bonchev–Trinajstić information content (AvgIpc) is 3.03. The molecule has 0 aliphatic carbocycles. The van der Waals surface area contributed by atoms with E-state index < -0.39 is 21.9 Å². The molecule has 0 aliphatic heterocycles. The second-order valence-corrected chi connectivity index (χ2v) is 8.51. The monoisotopic (exact) mass is 429 g/mol. The van der Waals surface area contributed by atoms with E-state index in [1.165, 1.54) is 37.3 Å². The van der Waals surface area contributed by atoms with E-state index in [0.717, 1.165) is 16.3 Å². The fourth-order valence-corrected chi connectivity index (χ4v) is 4.70. The van der Waals surface area contributed by atoms with Crippen LogP contribution >= 0.6 is 0 Å². The van der Waals surface area contributed by atoms with Crippen LogP contribution < -0.4 is 4.31 Å². The summed E-state index contributed by atoms with van der Waals surface area (Å²) < 4.78 is 37.9. The normalized spacial score (nSPS) is 11.5. The molecule has 0 saturated carbocycles.